The van der Waals surface area contributed by atoms with Crippen LogP contribution in [0.5, 0.6) is 0 Å². The maximum absolute atomic E-state index is 8.64. The van der Waals surface area contributed by atoms with Crippen LogP contribution in [-0.2, 0) is 9.68 Å². The van der Waals surface area contributed by atoms with Crippen molar-refractivity contribution in [1.29, 1.82) is 0 Å². The van der Waals surface area contributed by atoms with Crippen LogP contribution in [0.25, 0.3) is 0 Å². The molecular formula is C10H17Cl5N15Na3O7-2. The second-order valence-electron chi connectivity index (χ2n) is 3.68. The third-order valence-corrected chi connectivity index (χ3v) is 2.69. The summed E-state index contributed by atoms with van der Waals surface area (Å²) in [5.41, 5.74) is 4.43. The quantitative estimate of drug-likeness (QED) is 0.0368. The normalized spacial score (nSPS) is 6.95. The summed E-state index contributed by atoms with van der Waals surface area (Å²) in [5.74, 6) is 18.4. The third-order valence-electron chi connectivity index (χ3n) is 1.84. The second-order valence-corrected chi connectivity index (χ2v) is 5.37. The van der Waals surface area contributed by atoms with Crippen molar-refractivity contribution in [2.24, 2.45) is 23.4 Å². The van der Waals surface area contributed by atoms with Gasteiger partial charge in [0.15, 0.2) is 0 Å². The largest absolute Gasteiger partial charge is 1.00 e. The van der Waals surface area contributed by atoms with E-state index in [4.69, 9.17) is 79.7 Å². The predicted octanol–water partition coefficient (Wildman–Crippen LogP) is -12.7. The minimum atomic E-state index is -0.181. The fourth-order valence-corrected chi connectivity index (χ4v) is 1.83. The number of nitrogens with zero attached hydrogens (tertiary/aromatic N) is 9. The number of halogens is 5. The molecule has 0 aliphatic carbocycles. The van der Waals surface area contributed by atoms with E-state index in [-0.39, 0.29) is 155 Å². The number of carbonyl (C=O) groups excluding carboxylic acids is 1. The average Bonchev–Trinajstić information content (AvgIpc) is 2.80. The van der Waals surface area contributed by atoms with Crippen molar-refractivity contribution >= 4 is 76.4 Å². The van der Waals surface area contributed by atoms with Crippen molar-refractivity contribution in [2.45, 2.75) is 0 Å². The molecule has 22 nitrogen and oxygen atoms in total. The molecule has 0 spiro atoms. The van der Waals surface area contributed by atoms with Gasteiger partial charge in [-0.1, -0.05) is 0 Å². The van der Waals surface area contributed by atoms with Crippen LogP contribution in [-0.4, -0.2) is 73.2 Å². The zero-order valence-corrected chi connectivity index (χ0v) is 30.2. The van der Waals surface area contributed by atoms with Crippen molar-refractivity contribution in [1.82, 2.24) is 44.9 Å². The molecule has 3 aromatic rings. The van der Waals surface area contributed by atoms with Gasteiger partial charge in [-0.15, -0.1) is 23.2 Å². The van der Waals surface area contributed by atoms with Crippen molar-refractivity contribution < 1.29 is 126 Å². The predicted molar refractivity (Wildman–Crippen MR) is 124 cm³/mol. The van der Waals surface area contributed by atoms with Gasteiger partial charge in [-0.25, -0.2) is 0 Å². The van der Waals surface area contributed by atoms with Gasteiger partial charge in [0, 0.05) is 12.7 Å². The van der Waals surface area contributed by atoms with Crippen LogP contribution in [0.2, 0.25) is 26.4 Å². The molecule has 0 radical (unpaired) electrons. The van der Waals surface area contributed by atoms with E-state index in [9.17, 15) is 0 Å². The summed E-state index contributed by atoms with van der Waals surface area (Å²) in [6.45, 7) is -0.181. The molecule has 0 atom stereocenters. The van der Waals surface area contributed by atoms with Gasteiger partial charge in [0.25, 0.3) is 6.47 Å². The SMILES string of the molecule is Clc1n[c-]nc(Cl)n1.Clc1nc(Cl)nc(Cl)n1.NN.NNc1n[c-]nc(NN)n1.O.O.O=CO[O-].[Na+].[Na+].[Na+].[OH-].[OH-]. The van der Waals surface area contributed by atoms with E-state index in [0.717, 1.165) is 0 Å². The molecule has 3 aromatic heterocycles. The number of nitrogen functional groups attached to an aromatic ring is 2. The number of hydrogen-bond acceptors (Lipinski definition) is 20. The Morgan fingerprint density at radius 3 is 1.10 bits per heavy atom. The number of carbonyl (C=O) groups is 1. The first-order valence-corrected chi connectivity index (χ1v) is 8.91. The van der Waals surface area contributed by atoms with Crippen LogP contribution >= 0.6 is 58.0 Å². The van der Waals surface area contributed by atoms with Gasteiger partial charge in [0.1, 0.15) is 22.5 Å². The molecule has 0 amide bonds. The first kappa shape index (κ1) is 63.5. The van der Waals surface area contributed by atoms with Crippen molar-refractivity contribution in [3.63, 3.8) is 0 Å². The van der Waals surface area contributed by atoms with E-state index in [1.807, 2.05) is 0 Å². The van der Waals surface area contributed by atoms with E-state index in [1.165, 1.54) is 0 Å². The van der Waals surface area contributed by atoms with Gasteiger partial charge in [0.2, 0.25) is 15.9 Å². The van der Waals surface area contributed by atoms with Crippen molar-refractivity contribution in [3.8, 4) is 0 Å². The fraction of sp³-hybridized carbons (Fsp3) is 0. The summed E-state index contributed by atoms with van der Waals surface area (Å²) in [4.78, 5) is 42.6. The summed E-state index contributed by atoms with van der Waals surface area (Å²) < 4.78 is 0. The Hall–Kier alpha value is 0.190. The van der Waals surface area contributed by atoms with E-state index >= 15 is 0 Å². The molecule has 3 heterocycles. The molecule has 0 saturated heterocycles. The van der Waals surface area contributed by atoms with Gasteiger partial charge in [-0.3, -0.25) is 28.2 Å². The number of rotatable bonds is 3. The number of anilines is 2. The molecule has 0 aliphatic heterocycles. The third kappa shape index (κ3) is 38.2. The molecule has 214 valence electrons. The monoisotopic (exact) mass is 703 g/mol. The number of nitrogens with one attached hydrogen (secondary N) is 2. The minimum Gasteiger partial charge on any atom is -0.870 e. The number of hydrazine groups is 3. The van der Waals surface area contributed by atoms with Crippen molar-refractivity contribution in [2.75, 3.05) is 10.9 Å². The molecule has 3 rings (SSSR count). The van der Waals surface area contributed by atoms with Gasteiger partial charge in [-0.2, -0.15) is 15.0 Å². The summed E-state index contributed by atoms with van der Waals surface area (Å²) in [5, 5.41) is 8.55. The standard InChI is InChI=1S/C3Cl3N3.C3Cl2N3.C3H6N7.CH2O3.H4N2.3Na.4H2O/c4-1-7-2(5)9-3(6)8-1;4-2-6-1-7-3(5)8-2;4-9-2-6-1-7-3(8-2)10-5;2-1-4-3;1-2;;;;;;;/h;;4-5H2,(H2,6,7,8,9,10);1,3H;1-2H2;;;;4*1H2/q;2*-1;;;3*+1;;;;/p-3. The molecule has 0 saturated carbocycles. The first-order chi connectivity index (χ1) is 15.7. The summed E-state index contributed by atoms with van der Waals surface area (Å²) >= 11 is 26.5. The van der Waals surface area contributed by atoms with Crippen LogP contribution in [0.15, 0.2) is 0 Å². The van der Waals surface area contributed by atoms with E-state index in [2.05, 4.69) is 84.9 Å². The summed E-state index contributed by atoms with van der Waals surface area (Å²) in [6.07, 6.45) is 4.49. The van der Waals surface area contributed by atoms with E-state index < -0.39 is 0 Å². The Morgan fingerprint density at radius 1 is 0.650 bits per heavy atom. The van der Waals surface area contributed by atoms with Crippen molar-refractivity contribution in [3.05, 3.63) is 39.1 Å². The van der Waals surface area contributed by atoms with Gasteiger partial charge in [0.05, 0.1) is 0 Å². The maximum atomic E-state index is 8.64. The number of aromatic nitrogens is 9. The molecule has 30 heteroatoms. The molecule has 40 heavy (non-hydrogen) atoms. The van der Waals surface area contributed by atoms with Crippen LogP contribution in [0.4, 0.5) is 11.9 Å². The maximum Gasteiger partial charge on any atom is 1.00 e. The van der Waals surface area contributed by atoms with Gasteiger partial charge >= 0.3 is 88.7 Å². The Morgan fingerprint density at radius 2 is 0.900 bits per heavy atom. The molecular weight excluding hydrogens is 688 g/mol. The molecule has 16 N–H and O–H groups in total. The number of nitrogens with two attached hydrogens (primary N) is 4. The average molecular weight is 706 g/mol. The van der Waals surface area contributed by atoms with Crippen LogP contribution in [0.1, 0.15) is 0 Å². The van der Waals surface area contributed by atoms with Gasteiger partial charge < -0.3 is 72.8 Å². The van der Waals surface area contributed by atoms with Crippen LogP contribution in [0, 0.1) is 12.7 Å². The molecule has 0 bridgehead atoms. The minimum absolute atomic E-state index is 0. The summed E-state index contributed by atoms with van der Waals surface area (Å²) in [6, 6.07) is 0. The molecule has 0 aromatic carbocycles. The fourth-order valence-electron chi connectivity index (χ4n) is 0.936. The summed E-state index contributed by atoms with van der Waals surface area (Å²) in [7, 11) is 0. The van der Waals surface area contributed by atoms with Crippen LogP contribution < -0.4 is 128 Å². The zero-order chi connectivity index (χ0) is 25.6. The smallest absolute Gasteiger partial charge is 0.870 e. The Labute approximate surface area is 316 Å². The van der Waals surface area contributed by atoms with E-state index in [0.29, 0.717) is 0 Å². The molecule has 0 fully saturated rings. The number of hydrogen-bond donors (Lipinski definition) is 6. The Kier molecular flexibility index (Phi) is 69.2. The Bertz CT molecular complexity index is 869. The Balaban J connectivity index is -0.0000000435. The molecule has 0 unspecified atom stereocenters. The zero-order valence-electron chi connectivity index (χ0n) is 20.4. The molecule has 0 aliphatic rings. The van der Waals surface area contributed by atoms with Crippen LogP contribution in [0.3, 0.4) is 0 Å². The van der Waals surface area contributed by atoms with E-state index in [1.54, 1.807) is 0 Å². The second kappa shape index (κ2) is 43.6. The first-order valence-electron chi connectivity index (χ1n) is 7.02. The topological polar surface area (TPSA) is 417 Å². The van der Waals surface area contributed by atoms with Gasteiger partial charge in [-0.05, 0) is 34.8 Å².